The predicted molar refractivity (Wildman–Crippen MR) is 94.6 cm³/mol. The first-order chi connectivity index (χ1) is 10.9. The van der Waals surface area contributed by atoms with Crippen LogP contribution in [0.25, 0.3) is 0 Å². The summed E-state index contributed by atoms with van der Waals surface area (Å²) >= 11 is 0. The number of hydrogen-bond acceptors (Lipinski definition) is 3. The SMILES string of the molecule is CCN(Cc1ccccc1)c1ccc(C(=O)NC(C)(C)C)nc1. The quantitative estimate of drug-likeness (QED) is 0.917. The number of carbonyl (C=O) groups is 1. The van der Waals surface area contributed by atoms with E-state index in [0.717, 1.165) is 18.8 Å². The Morgan fingerprint density at radius 2 is 1.83 bits per heavy atom. The molecular formula is C19H25N3O. The molecule has 4 nitrogen and oxygen atoms in total. The molecule has 0 atom stereocenters. The van der Waals surface area contributed by atoms with Gasteiger partial charge in [-0.15, -0.1) is 0 Å². The van der Waals surface area contributed by atoms with Crippen molar-refractivity contribution in [1.82, 2.24) is 10.3 Å². The van der Waals surface area contributed by atoms with Crippen molar-refractivity contribution in [3.8, 4) is 0 Å². The average Bonchev–Trinajstić information content (AvgIpc) is 2.52. The van der Waals surface area contributed by atoms with E-state index in [0.29, 0.717) is 5.69 Å². The molecule has 1 amide bonds. The smallest absolute Gasteiger partial charge is 0.270 e. The summed E-state index contributed by atoms with van der Waals surface area (Å²) in [5.41, 5.74) is 2.45. The van der Waals surface area contributed by atoms with Crippen LogP contribution >= 0.6 is 0 Å². The van der Waals surface area contributed by atoms with Gasteiger partial charge in [0.15, 0.2) is 0 Å². The molecule has 1 N–H and O–H groups in total. The maximum atomic E-state index is 12.1. The van der Waals surface area contributed by atoms with E-state index in [9.17, 15) is 4.79 Å². The van der Waals surface area contributed by atoms with Gasteiger partial charge in [-0.3, -0.25) is 4.79 Å². The van der Waals surface area contributed by atoms with E-state index in [2.05, 4.69) is 34.3 Å². The van der Waals surface area contributed by atoms with Gasteiger partial charge in [-0.2, -0.15) is 0 Å². The lowest BCUT2D eigenvalue weighted by molar-refractivity contribution is 0.0914. The van der Waals surface area contributed by atoms with E-state index >= 15 is 0 Å². The van der Waals surface area contributed by atoms with Crippen LogP contribution in [0.2, 0.25) is 0 Å². The topological polar surface area (TPSA) is 45.2 Å². The van der Waals surface area contributed by atoms with Crippen LogP contribution in [0.3, 0.4) is 0 Å². The van der Waals surface area contributed by atoms with Crippen LogP contribution in [0.1, 0.15) is 43.7 Å². The summed E-state index contributed by atoms with van der Waals surface area (Å²) in [6.45, 7) is 9.69. The molecule has 0 radical (unpaired) electrons. The molecule has 0 aliphatic carbocycles. The van der Waals surface area contributed by atoms with Gasteiger partial charge in [-0.05, 0) is 45.4 Å². The van der Waals surface area contributed by atoms with Gasteiger partial charge >= 0.3 is 0 Å². The molecule has 23 heavy (non-hydrogen) atoms. The predicted octanol–water partition coefficient (Wildman–Crippen LogP) is 3.64. The molecular weight excluding hydrogens is 286 g/mol. The fourth-order valence-corrected chi connectivity index (χ4v) is 2.30. The van der Waals surface area contributed by atoms with Crippen LogP contribution < -0.4 is 10.2 Å². The van der Waals surface area contributed by atoms with Gasteiger partial charge in [0.05, 0.1) is 11.9 Å². The Bertz CT molecular complexity index is 630. The first kappa shape index (κ1) is 17.0. The summed E-state index contributed by atoms with van der Waals surface area (Å²) < 4.78 is 0. The lowest BCUT2D eigenvalue weighted by Crippen LogP contribution is -2.40. The van der Waals surface area contributed by atoms with Crippen molar-refractivity contribution in [2.24, 2.45) is 0 Å². The fraction of sp³-hybridized carbons (Fsp3) is 0.368. The summed E-state index contributed by atoms with van der Waals surface area (Å²) in [5.74, 6) is -0.143. The Kier molecular flexibility index (Phi) is 5.37. The average molecular weight is 311 g/mol. The molecule has 1 heterocycles. The van der Waals surface area contributed by atoms with Gasteiger partial charge in [-0.1, -0.05) is 30.3 Å². The van der Waals surface area contributed by atoms with Gasteiger partial charge in [0, 0.05) is 18.6 Å². The van der Waals surface area contributed by atoms with Gasteiger partial charge < -0.3 is 10.2 Å². The molecule has 1 aromatic heterocycles. The van der Waals surface area contributed by atoms with Crippen molar-refractivity contribution < 1.29 is 4.79 Å². The third kappa shape index (κ3) is 5.09. The molecule has 0 fully saturated rings. The zero-order valence-electron chi connectivity index (χ0n) is 14.3. The molecule has 0 saturated carbocycles. The molecule has 0 aliphatic heterocycles. The summed E-state index contributed by atoms with van der Waals surface area (Å²) in [6, 6.07) is 14.1. The summed E-state index contributed by atoms with van der Waals surface area (Å²) in [4.78, 5) is 18.7. The normalized spacial score (nSPS) is 11.1. The molecule has 0 bridgehead atoms. The minimum Gasteiger partial charge on any atom is -0.366 e. The molecule has 0 aliphatic rings. The van der Waals surface area contributed by atoms with Crippen LogP contribution in [0.15, 0.2) is 48.7 Å². The highest BCUT2D eigenvalue weighted by Gasteiger charge is 2.16. The second-order valence-electron chi connectivity index (χ2n) is 6.61. The second-order valence-corrected chi connectivity index (χ2v) is 6.61. The number of amides is 1. The number of pyridine rings is 1. The number of aromatic nitrogens is 1. The molecule has 2 rings (SSSR count). The van der Waals surface area contributed by atoms with Crippen LogP contribution in [0.5, 0.6) is 0 Å². The number of nitrogens with zero attached hydrogens (tertiary/aromatic N) is 2. The lowest BCUT2D eigenvalue weighted by Gasteiger charge is -2.23. The first-order valence-electron chi connectivity index (χ1n) is 7.96. The van der Waals surface area contributed by atoms with E-state index in [1.165, 1.54) is 5.56 Å². The Balaban J connectivity index is 2.09. The number of carbonyl (C=O) groups excluding carboxylic acids is 1. The van der Waals surface area contributed by atoms with Crippen LogP contribution in [-0.2, 0) is 6.54 Å². The standard InChI is InChI=1S/C19H25N3O/c1-5-22(14-15-9-7-6-8-10-15)16-11-12-17(20-13-16)18(23)21-19(2,3)4/h6-13H,5,14H2,1-4H3,(H,21,23). The molecule has 122 valence electrons. The van der Waals surface area contributed by atoms with Crippen molar-refractivity contribution in [2.45, 2.75) is 39.8 Å². The minimum absolute atomic E-state index is 0.143. The van der Waals surface area contributed by atoms with E-state index in [4.69, 9.17) is 0 Å². The highest BCUT2D eigenvalue weighted by molar-refractivity contribution is 5.92. The molecule has 0 unspecified atom stereocenters. The van der Waals surface area contributed by atoms with Crippen molar-refractivity contribution >= 4 is 11.6 Å². The Hall–Kier alpha value is -2.36. The van der Waals surface area contributed by atoms with Crippen molar-refractivity contribution in [3.05, 3.63) is 59.9 Å². The summed E-state index contributed by atoms with van der Waals surface area (Å²) in [7, 11) is 0. The van der Waals surface area contributed by atoms with Crippen molar-refractivity contribution in [2.75, 3.05) is 11.4 Å². The van der Waals surface area contributed by atoms with E-state index in [1.807, 2.05) is 45.0 Å². The monoisotopic (exact) mass is 311 g/mol. The van der Waals surface area contributed by atoms with Gasteiger partial charge in [0.1, 0.15) is 5.69 Å². The zero-order chi connectivity index (χ0) is 16.9. The minimum atomic E-state index is -0.264. The fourth-order valence-electron chi connectivity index (χ4n) is 2.30. The Morgan fingerprint density at radius 1 is 1.13 bits per heavy atom. The lowest BCUT2D eigenvalue weighted by atomic mass is 10.1. The van der Waals surface area contributed by atoms with Gasteiger partial charge in [0.25, 0.3) is 5.91 Å². The van der Waals surface area contributed by atoms with Gasteiger partial charge in [0.2, 0.25) is 0 Å². The maximum Gasteiger partial charge on any atom is 0.270 e. The molecule has 2 aromatic rings. The number of nitrogens with one attached hydrogen (secondary N) is 1. The van der Waals surface area contributed by atoms with Crippen molar-refractivity contribution in [3.63, 3.8) is 0 Å². The summed E-state index contributed by atoms with van der Waals surface area (Å²) in [5, 5.41) is 2.92. The number of hydrogen-bond donors (Lipinski definition) is 1. The Morgan fingerprint density at radius 3 is 2.35 bits per heavy atom. The highest BCUT2D eigenvalue weighted by atomic mass is 16.2. The van der Waals surface area contributed by atoms with E-state index < -0.39 is 0 Å². The third-order valence-corrected chi connectivity index (χ3v) is 3.43. The van der Waals surface area contributed by atoms with Crippen LogP contribution in [0, 0.1) is 0 Å². The number of rotatable bonds is 5. The molecule has 1 aromatic carbocycles. The zero-order valence-corrected chi connectivity index (χ0v) is 14.3. The Labute approximate surface area is 138 Å². The molecule has 0 spiro atoms. The van der Waals surface area contributed by atoms with Gasteiger partial charge in [-0.25, -0.2) is 4.98 Å². The third-order valence-electron chi connectivity index (χ3n) is 3.43. The van der Waals surface area contributed by atoms with E-state index in [1.54, 1.807) is 12.3 Å². The number of anilines is 1. The van der Waals surface area contributed by atoms with Crippen LogP contribution in [0.4, 0.5) is 5.69 Å². The molecule has 4 heteroatoms. The second kappa shape index (κ2) is 7.27. The van der Waals surface area contributed by atoms with Crippen LogP contribution in [-0.4, -0.2) is 23.0 Å². The molecule has 0 saturated heterocycles. The number of benzene rings is 1. The first-order valence-corrected chi connectivity index (χ1v) is 7.96. The highest BCUT2D eigenvalue weighted by Crippen LogP contribution is 2.16. The largest absolute Gasteiger partial charge is 0.366 e. The van der Waals surface area contributed by atoms with E-state index in [-0.39, 0.29) is 11.4 Å². The maximum absolute atomic E-state index is 12.1. The van der Waals surface area contributed by atoms with Crippen molar-refractivity contribution in [1.29, 1.82) is 0 Å². The summed E-state index contributed by atoms with van der Waals surface area (Å²) in [6.07, 6.45) is 1.77.